The number of aliphatic imine (C=N–C) groups is 1. The van der Waals surface area contributed by atoms with E-state index in [1.807, 2.05) is 6.20 Å². The van der Waals surface area contributed by atoms with E-state index < -0.39 is 0 Å². The van der Waals surface area contributed by atoms with Crippen LogP contribution in [0.5, 0.6) is 0 Å². The third kappa shape index (κ3) is 4.75. The van der Waals surface area contributed by atoms with Crippen LogP contribution in [0.1, 0.15) is 18.7 Å². The molecule has 0 aliphatic rings. The molecule has 1 heterocycles. The molecule has 0 amide bonds. The van der Waals surface area contributed by atoms with Gasteiger partial charge in [-0.15, -0.1) is 11.3 Å². The van der Waals surface area contributed by atoms with Gasteiger partial charge in [-0.2, -0.15) is 0 Å². The predicted molar refractivity (Wildman–Crippen MR) is 63.4 cm³/mol. The van der Waals surface area contributed by atoms with Gasteiger partial charge >= 0.3 is 0 Å². The average molecular weight is 227 g/mol. The van der Waals surface area contributed by atoms with Crippen LogP contribution in [-0.4, -0.2) is 17.5 Å². The Morgan fingerprint density at radius 1 is 1.67 bits per heavy atom. The molecule has 0 saturated carbocycles. The van der Waals surface area contributed by atoms with Gasteiger partial charge in [-0.25, -0.2) is 10.8 Å². The normalized spacial score (nSPS) is 11.9. The molecule has 0 radical (unpaired) electrons. The number of rotatable bonds is 4. The molecule has 0 aliphatic carbocycles. The number of nitrogens with two attached hydrogens (primary N) is 1. The second-order valence-corrected chi connectivity index (χ2v) is 4.52. The van der Waals surface area contributed by atoms with E-state index >= 15 is 0 Å². The predicted octanol–water partition coefficient (Wildman–Crippen LogP) is 0.708. The zero-order valence-electron chi connectivity index (χ0n) is 9.03. The Morgan fingerprint density at radius 2 is 2.47 bits per heavy atom. The Kier molecular flexibility index (Phi) is 5.06. The number of nitrogens with one attached hydrogen (secondary N) is 2. The first kappa shape index (κ1) is 11.9. The molecule has 0 saturated heterocycles. The van der Waals surface area contributed by atoms with Crippen LogP contribution in [0, 0.1) is 5.92 Å². The highest BCUT2D eigenvalue weighted by Crippen LogP contribution is 2.06. The van der Waals surface area contributed by atoms with Crippen molar-refractivity contribution < 1.29 is 0 Å². The molecule has 84 valence electrons. The van der Waals surface area contributed by atoms with Crippen molar-refractivity contribution in [2.45, 2.75) is 20.4 Å². The zero-order chi connectivity index (χ0) is 11.1. The van der Waals surface area contributed by atoms with Crippen molar-refractivity contribution in [3.05, 3.63) is 16.6 Å². The molecular formula is C9H17N5S. The Balaban J connectivity index is 2.40. The lowest BCUT2D eigenvalue weighted by Crippen LogP contribution is -2.42. The molecule has 1 rings (SSSR count). The maximum atomic E-state index is 5.34. The lowest BCUT2D eigenvalue weighted by Gasteiger charge is -2.10. The number of nitrogens with zero attached hydrogens (tertiary/aromatic N) is 2. The minimum Gasteiger partial charge on any atom is -0.355 e. The summed E-state index contributed by atoms with van der Waals surface area (Å²) in [7, 11) is 0. The number of hydrogen-bond donors (Lipinski definition) is 3. The number of thiazole rings is 1. The minimum atomic E-state index is 0.562. The molecule has 0 atom stereocenters. The maximum Gasteiger partial charge on any atom is 0.206 e. The fourth-order valence-electron chi connectivity index (χ4n) is 0.931. The molecule has 1 aromatic rings. The first-order valence-electron chi connectivity index (χ1n) is 4.84. The highest BCUT2D eigenvalue weighted by atomic mass is 32.1. The summed E-state index contributed by atoms with van der Waals surface area (Å²) >= 11 is 1.59. The van der Waals surface area contributed by atoms with Gasteiger partial charge < -0.3 is 5.32 Å². The third-order valence-corrected chi connectivity index (χ3v) is 2.46. The summed E-state index contributed by atoms with van der Waals surface area (Å²) in [4.78, 5) is 9.39. The molecule has 0 aliphatic heterocycles. The van der Waals surface area contributed by atoms with Crippen LogP contribution < -0.4 is 16.6 Å². The SMILES string of the molecule is CC(C)CNC(=NCc1cncs1)NN. The van der Waals surface area contributed by atoms with Crippen molar-refractivity contribution in [1.29, 1.82) is 0 Å². The molecule has 0 aromatic carbocycles. The second-order valence-electron chi connectivity index (χ2n) is 3.55. The van der Waals surface area contributed by atoms with E-state index in [2.05, 4.69) is 34.6 Å². The van der Waals surface area contributed by atoms with Crippen LogP contribution in [0.3, 0.4) is 0 Å². The Morgan fingerprint density at radius 3 is 3.00 bits per heavy atom. The van der Waals surface area contributed by atoms with Gasteiger partial charge in [-0.05, 0) is 5.92 Å². The molecule has 1 aromatic heterocycles. The Bertz CT molecular complexity index is 293. The van der Waals surface area contributed by atoms with E-state index in [1.54, 1.807) is 16.8 Å². The third-order valence-electron chi connectivity index (χ3n) is 1.69. The standard InChI is InChI=1S/C9H17N5S/c1-7(2)3-12-9(14-10)13-5-8-4-11-6-15-8/h4,6-7H,3,5,10H2,1-2H3,(H2,12,13,14). The topological polar surface area (TPSA) is 75.3 Å². The van der Waals surface area contributed by atoms with Crippen molar-refractivity contribution in [3.63, 3.8) is 0 Å². The number of hydrogen-bond acceptors (Lipinski definition) is 4. The molecule has 0 bridgehead atoms. The molecule has 15 heavy (non-hydrogen) atoms. The monoisotopic (exact) mass is 227 g/mol. The van der Waals surface area contributed by atoms with Crippen LogP contribution in [0.25, 0.3) is 0 Å². The summed E-state index contributed by atoms with van der Waals surface area (Å²) in [6, 6.07) is 0. The van der Waals surface area contributed by atoms with Crippen molar-refractivity contribution >= 4 is 17.3 Å². The summed E-state index contributed by atoms with van der Waals surface area (Å²) in [5.41, 5.74) is 4.34. The highest BCUT2D eigenvalue weighted by Gasteiger charge is 1.98. The van der Waals surface area contributed by atoms with Crippen LogP contribution in [0.2, 0.25) is 0 Å². The fraction of sp³-hybridized carbons (Fsp3) is 0.556. The molecule has 0 spiro atoms. The highest BCUT2D eigenvalue weighted by molar-refractivity contribution is 7.09. The van der Waals surface area contributed by atoms with E-state index in [0.717, 1.165) is 11.4 Å². The molecule has 0 unspecified atom stereocenters. The minimum absolute atomic E-state index is 0.562. The number of aromatic nitrogens is 1. The van der Waals surface area contributed by atoms with Gasteiger partial charge in [0.15, 0.2) is 0 Å². The van der Waals surface area contributed by atoms with Gasteiger partial charge in [0.25, 0.3) is 0 Å². The smallest absolute Gasteiger partial charge is 0.206 e. The molecule has 4 N–H and O–H groups in total. The van der Waals surface area contributed by atoms with E-state index in [1.165, 1.54) is 0 Å². The van der Waals surface area contributed by atoms with Crippen LogP contribution in [-0.2, 0) is 6.54 Å². The summed E-state index contributed by atoms with van der Waals surface area (Å²) in [6.45, 7) is 5.72. The first-order valence-corrected chi connectivity index (χ1v) is 5.72. The van der Waals surface area contributed by atoms with Crippen molar-refractivity contribution in [2.75, 3.05) is 6.54 Å². The van der Waals surface area contributed by atoms with E-state index in [0.29, 0.717) is 18.4 Å². The summed E-state index contributed by atoms with van der Waals surface area (Å²) < 4.78 is 0. The van der Waals surface area contributed by atoms with Crippen LogP contribution >= 0.6 is 11.3 Å². The average Bonchev–Trinajstić information content (AvgIpc) is 2.70. The van der Waals surface area contributed by atoms with Gasteiger partial charge in [0.1, 0.15) is 0 Å². The summed E-state index contributed by atoms with van der Waals surface area (Å²) in [6.07, 6.45) is 1.81. The van der Waals surface area contributed by atoms with Crippen molar-refractivity contribution in [3.8, 4) is 0 Å². The molecule has 0 fully saturated rings. The van der Waals surface area contributed by atoms with Crippen LogP contribution in [0.4, 0.5) is 0 Å². The maximum absolute atomic E-state index is 5.34. The summed E-state index contributed by atoms with van der Waals surface area (Å²) in [5, 5.41) is 3.13. The second kappa shape index (κ2) is 6.36. The molecular weight excluding hydrogens is 210 g/mol. The lowest BCUT2D eigenvalue weighted by molar-refractivity contribution is 0.615. The molecule has 5 nitrogen and oxygen atoms in total. The summed E-state index contributed by atoms with van der Waals surface area (Å²) in [5.74, 6) is 6.53. The lowest BCUT2D eigenvalue weighted by atomic mass is 10.2. The van der Waals surface area contributed by atoms with Gasteiger partial charge in [0.05, 0.1) is 12.1 Å². The van der Waals surface area contributed by atoms with E-state index in [9.17, 15) is 0 Å². The number of guanidine groups is 1. The Labute approximate surface area is 93.8 Å². The van der Waals surface area contributed by atoms with Gasteiger partial charge in [0, 0.05) is 17.6 Å². The number of hydrazine groups is 1. The van der Waals surface area contributed by atoms with Crippen LogP contribution in [0.15, 0.2) is 16.7 Å². The largest absolute Gasteiger partial charge is 0.355 e. The zero-order valence-corrected chi connectivity index (χ0v) is 9.84. The van der Waals surface area contributed by atoms with Gasteiger partial charge in [0.2, 0.25) is 5.96 Å². The van der Waals surface area contributed by atoms with Gasteiger partial charge in [-0.1, -0.05) is 13.8 Å². The van der Waals surface area contributed by atoms with E-state index in [4.69, 9.17) is 5.84 Å². The van der Waals surface area contributed by atoms with Gasteiger partial charge in [-0.3, -0.25) is 10.4 Å². The van der Waals surface area contributed by atoms with E-state index in [-0.39, 0.29) is 0 Å². The Hall–Kier alpha value is -1.14. The fourth-order valence-corrected chi connectivity index (χ4v) is 1.45. The quantitative estimate of drug-likeness (QED) is 0.306. The van der Waals surface area contributed by atoms with Crippen molar-refractivity contribution in [2.24, 2.45) is 16.8 Å². The first-order chi connectivity index (χ1) is 7.22. The molecule has 6 heteroatoms. The van der Waals surface area contributed by atoms with Crippen molar-refractivity contribution in [1.82, 2.24) is 15.7 Å².